The molecule has 0 aliphatic rings. The van der Waals surface area contributed by atoms with Crippen LogP contribution in [0.5, 0.6) is 0 Å². The van der Waals surface area contributed by atoms with Crippen molar-refractivity contribution >= 4 is 21.6 Å². The van der Waals surface area contributed by atoms with Crippen LogP contribution in [0.2, 0.25) is 0 Å². The van der Waals surface area contributed by atoms with Gasteiger partial charge in [-0.25, -0.2) is 13.4 Å². The quantitative estimate of drug-likeness (QED) is 0.770. The smallest absolute Gasteiger partial charge is 0.178 e. The van der Waals surface area contributed by atoms with Crippen LogP contribution in [-0.2, 0) is 9.84 Å². The van der Waals surface area contributed by atoms with Crippen LogP contribution in [0.25, 0.3) is 0 Å². The minimum Gasteiger partial charge on any atom is -0.396 e. The number of thioether (sulfide) groups is 1. The number of aliphatic hydroxyl groups excluding tert-OH is 1. The maximum absolute atomic E-state index is 11.3. The van der Waals surface area contributed by atoms with Gasteiger partial charge in [0.15, 0.2) is 9.84 Å². The van der Waals surface area contributed by atoms with Crippen molar-refractivity contribution in [3.05, 3.63) is 18.3 Å². The van der Waals surface area contributed by atoms with E-state index in [1.807, 2.05) is 0 Å². The first kappa shape index (κ1) is 11.5. The van der Waals surface area contributed by atoms with Crippen molar-refractivity contribution in [1.82, 2.24) is 4.98 Å². The third-order valence-electron chi connectivity index (χ3n) is 1.47. The topological polar surface area (TPSA) is 67.3 Å². The summed E-state index contributed by atoms with van der Waals surface area (Å²) >= 11 is 1.23. The number of sulfone groups is 1. The Hall–Kier alpha value is -0.590. The molecule has 0 aliphatic heterocycles. The van der Waals surface area contributed by atoms with Crippen LogP contribution in [0.1, 0.15) is 0 Å². The molecule has 1 N–H and O–H groups in total. The molecule has 1 aromatic heterocycles. The summed E-state index contributed by atoms with van der Waals surface area (Å²) in [6.45, 7) is 0.00441. The van der Waals surface area contributed by atoms with E-state index >= 15 is 0 Å². The van der Waals surface area contributed by atoms with E-state index in [9.17, 15) is 8.42 Å². The summed E-state index contributed by atoms with van der Waals surface area (Å²) < 4.78 is 22.6. The molecule has 0 saturated carbocycles. The molecule has 1 heterocycles. The number of aliphatic hydroxyl groups is 1. The zero-order valence-electron chi connectivity index (χ0n) is 7.67. The zero-order chi connectivity index (χ0) is 10.6. The molecule has 0 aliphatic carbocycles. The van der Waals surface area contributed by atoms with Gasteiger partial charge in [0.2, 0.25) is 0 Å². The van der Waals surface area contributed by atoms with Crippen LogP contribution >= 0.6 is 11.8 Å². The van der Waals surface area contributed by atoms with Crippen LogP contribution < -0.4 is 0 Å². The molecule has 1 aromatic rings. The summed E-state index contributed by atoms with van der Waals surface area (Å²) in [7, 11) is -3.23. The predicted octanol–water partition coefficient (Wildman–Crippen LogP) is 0.570. The van der Waals surface area contributed by atoms with Gasteiger partial charge < -0.3 is 5.11 Å². The summed E-state index contributed by atoms with van der Waals surface area (Å²) in [6, 6.07) is 3.10. The molecular formula is C8H11NO3S2. The Morgan fingerprint density at radius 3 is 2.86 bits per heavy atom. The second kappa shape index (κ2) is 4.77. The van der Waals surface area contributed by atoms with E-state index in [1.165, 1.54) is 24.0 Å². The summed E-state index contributed by atoms with van der Waals surface area (Å²) in [5.74, 6) is 0.444. The maximum atomic E-state index is 11.3. The molecular weight excluding hydrogens is 222 g/mol. The molecule has 0 amide bonds. The lowest BCUT2D eigenvalue weighted by molar-refractivity contribution is 0.322. The lowest BCUT2D eigenvalue weighted by Crippen LogP contribution is -2.01. The minimum atomic E-state index is -3.23. The molecule has 14 heavy (non-hydrogen) atoms. The van der Waals surface area contributed by atoms with Gasteiger partial charge >= 0.3 is 0 Å². The van der Waals surface area contributed by atoms with E-state index in [4.69, 9.17) is 5.11 Å². The van der Waals surface area contributed by atoms with Crippen LogP contribution in [0, 0.1) is 0 Å². The van der Waals surface area contributed by atoms with Gasteiger partial charge in [-0.3, -0.25) is 0 Å². The first-order chi connectivity index (χ1) is 6.55. The highest BCUT2D eigenvalue weighted by molar-refractivity contribution is 8.00. The van der Waals surface area contributed by atoms with Crippen LogP contribution in [0.4, 0.5) is 0 Å². The van der Waals surface area contributed by atoms with E-state index < -0.39 is 9.84 Å². The Balaban J connectivity index is 3.04. The number of hydrogen-bond donors (Lipinski definition) is 1. The summed E-state index contributed by atoms with van der Waals surface area (Å²) in [5, 5.41) is 9.07. The van der Waals surface area contributed by atoms with Gasteiger partial charge in [0.25, 0.3) is 0 Å². The van der Waals surface area contributed by atoms with E-state index in [0.717, 1.165) is 6.26 Å². The summed E-state index contributed by atoms with van der Waals surface area (Å²) in [6.07, 6.45) is 2.68. The Kier molecular flexibility index (Phi) is 3.91. The molecule has 4 nitrogen and oxygen atoms in total. The lowest BCUT2D eigenvalue weighted by atomic mass is 10.5. The molecule has 0 atom stereocenters. The standard InChI is InChI=1S/C8H11NO3S2/c1-14(11,12)7-3-2-4-9-8(7)13-6-5-10/h2-4,10H,5-6H2,1H3. The van der Waals surface area contributed by atoms with Gasteiger partial charge in [-0.15, -0.1) is 11.8 Å². The highest BCUT2D eigenvalue weighted by Crippen LogP contribution is 2.23. The number of nitrogens with zero attached hydrogens (tertiary/aromatic N) is 1. The fourth-order valence-corrected chi connectivity index (χ4v) is 2.87. The SMILES string of the molecule is CS(=O)(=O)c1cccnc1SCCO. The van der Waals surface area contributed by atoms with Crippen molar-refractivity contribution in [2.24, 2.45) is 0 Å². The minimum absolute atomic E-state index is 0.00441. The molecule has 0 saturated heterocycles. The van der Waals surface area contributed by atoms with Gasteiger partial charge in [0.05, 0.1) is 11.5 Å². The van der Waals surface area contributed by atoms with Crippen LogP contribution in [0.3, 0.4) is 0 Å². The van der Waals surface area contributed by atoms with Crippen LogP contribution in [0.15, 0.2) is 28.3 Å². The summed E-state index contributed by atoms with van der Waals surface area (Å²) in [5.41, 5.74) is 0. The van der Waals surface area contributed by atoms with Gasteiger partial charge in [-0.1, -0.05) is 0 Å². The Morgan fingerprint density at radius 1 is 1.57 bits per heavy atom. The normalized spacial score (nSPS) is 11.6. The maximum Gasteiger partial charge on any atom is 0.178 e. The summed E-state index contributed by atoms with van der Waals surface area (Å²) in [4.78, 5) is 4.18. The molecule has 78 valence electrons. The first-order valence-electron chi connectivity index (χ1n) is 3.94. The average Bonchev–Trinajstić information content (AvgIpc) is 2.14. The van der Waals surface area contributed by atoms with Crippen molar-refractivity contribution in [3.63, 3.8) is 0 Å². The van der Waals surface area contributed by atoms with Crippen molar-refractivity contribution < 1.29 is 13.5 Å². The predicted molar refractivity (Wildman–Crippen MR) is 55.2 cm³/mol. The second-order valence-corrected chi connectivity index (χ2v) is 5.72. The average molecular weight is 233 g/mol. The fraction of sp³-hybridized carbons (Fsp3) is 0.375. The largest absolute Gasteiger partial charge is 0.396 e. The first-order valence-corrected chi connectivity index (χ1v) is 6.82. The van der Waals surface area contributed by atoms with Crippen molar-refractivity contribution in [2.75, 3.05) is 18.6 Å². The van der Waals surface area contributed by atoms with E-state index in [-0.39, 0.29) is 11.5 Å². The van der Waals surface area contributed by atoms with Crippen molar-refractivity contribution in [2.45, 2.75) is 9.92 Å². The molecule has 0 fully saturated rings. The molecule has 0 unspecified atom stereocenters. The third-order valence-corrected chi connectivity index (χ3v) is 3.71. The van der Waals surface area contributed by atoms with Gasteiger partial charge in [0.1, 0.15) is 5.03 Å². The molecule has 0 bridgehead atoms. The van der Waals surface area contributed by atoms with E-state index in [2.05, 4.69) is 4.98 Å². The lowest BCUT2D eigenvalue weighted by Gasteiger charge is -2.04. The van der Waals surface area contributed by atoms with Crippen LogP contribution in [-0.4, -0.2) is 37.1 Å². The Labute approximate surface area is 87.3 Å². The Morgan fingerprint density at radius 2 is 2.29 bits per heavy atom. The molecule has 0 spiro atoms. The van der Waals surface area contributed by atoms with Crippen molar-refractivity contribution in [3.8, 4) is 0 Å². The number of hydrogen-bond acceptors (Lipinski definition) is 5. The van der Waals surface area contributed by atoms with E-state index in [1.54, 1.807) is 6.07 Å². The molecule has 6 heteroatoms. The number of aromatic nitrogens is 1. The van der Waals surface area contributed by atoms with E-state index in [0.29, 0.717) is 10.8 Å². The number of pyridine rings is 1. The van der Waals surface area contributed by atoms with Gasteiger partial charge in [0, 0.05) is 18.2 Å². The Bertz CT molecular complexity index is 403. The van der Waals surface area contributed by atoms with Gasteiger partial charge in [-0.05, 0) is 12.1 Å². The van der Waals surface area contributed by atoms with Gasteiger partial charge in [-0.2, -0.15) is 0 Å². The third kappa shape index (κ3) is 2.97. The zero-order valence-corrected chi connectivity index (χ0v) is 9.31. The fourth-order valence-electron chi connectivity index (χ4n) is 0.909. The van der Waals surface area contributed by atoms with Crippen molar-refractivity contribution in [1.29, 1.82) is 0 Å². The molecule has 1 rings (SSSR count). The monoisotopic (exact) mass is 233 g/mol. The highest BCUT2D eigenvalue weighted by Gasteiger charge is 2.13. The molecule has 0 aromatic carbocycles. The highest BCUT2D eigenvalue weighted by atomic mass is 32.2. The molecule has 0 radical (unpaired) electrons. The second-order valence-electron chi connectivity index (χ2n) is 2.65. The number of rotatable bonds is 4.